The normalized spacial score (nSPS) is 16.5. The van der Waals surface area contributed by atoms with Crippen LogP contribution in [-0.4, -0.2) is 25.3 Å². The molecule has 6 heteroatoms. The second-order valence-corrected chi connectivity index (χ2v) is 2.77. The molecule has 1 fully saturated rings. The predicted octanol–water partition coefficient (Wildman–Crippen LogP) is -1.01. The molecule has 1 aromatic rings. The first-order valence-electron chi connectivity index (χ1n) is 4.02. The number of pyridine rings is 1. The average Bonchev–Trinajstić information content (AvgIpc) is 2.62. The van der Waals surface area contributed by atoms with E-state index in [1.807, 2.05) is 0 Å². The van der Waals surface area contributed by atoms with Crippen molar-refractivity contribution in [3.05, 3.63) is 12.3 Å². The first-order valence-corrected chi connectivity index (χ1v) is 4.02. The third-order valence-corrected chi connectivity index (χ3v) is 1.93. The van der Waals surface area contributed by atoms with Crippen LogP contribution in [0.1, 0.15) is 0 Å². The molecule has 0 radical (unpaired) electrons. The molecule has 0 aliphatic carbocycles. The Kier molecular flexibility index (Phi) is 2.07. The molecule has 0 aromatic carbocycles. The van der Waals surface area contributed by atoms with Crippen molar-refractivity contribution >= 4 is 24.1 Å². The van der Waals surface area contributed by atoms with Crippen LogP contribution in [-0.2, 0) is 9.31 Å². The van der Waals surface area contributed by atoms with Gasteiger partial charge in [-0.2, -0.15) is 0 Å². The van der Waals surface area contributed by atoms with Crippen LogP contribution in [0.25, 0.3) is 0 Å². The lowest BCUT2D eigenvalue weighted by Gasteiger charge is -2.08. The van der Waals surface area contributed by atoms with Gasteiger partial charge >= 0.3 is 7.12 Å². The highest BCUT2D eigenvalue weighted by atomic mass is 16.6. The first kappa shape index (κ1) is 8.34. The van der Waals surface area contributed by atoms with E-state index in [2.05, 4.69) is 4.98 Å². The molecule has 2 heterocycles. The standard InChI is InChI=1S/C7H10BN3O2/c9-6-5(1-2-11-7(6)10)8-12-3-4-13-8/h1-2H,3-4,9H2,(H2,10,11). The predicted molar refractivity (Wildman–Crippen MR) is 50.4 cm³/mol. The van der Waals surface area contributed by atoms with Crippen molar-refractivity contribution in [1.82, 2.24) is 4.98 Å². The molecule has 2 rings (SSSR count). The highest BCUT2D eigenvalue weighted by molar-refractivity contribution is 6.63. The summed E-state index contributed by atoms with van der Waals surface area (Å²) in [7, 11) is -0.384. The highest BCUT2D eigenvalue weighted by Crippen LogP contribution is 2.10. The maximum atomic E-state index is 5.71. The van der Waals surface area contributed by atoms with Crippen LogP contribution in [0.3, 0.4) is 0 Å². The van der Waals surface area contributed by atoms with Gasteiger partial charge in [-0.05, 0) is 6.07 Å². The van der Waals surface area contributed by atoms with Crippen LogP contribution in [0.2, 0.25) is 0 Å². The van der Waals surface area contributed by atoms with Crippen LogP contribution in [0, 0.1) is 0 Å². The Bertz CT molecular complexity index is 315. The first-order chi connectivity index (χ1) is 6.29. The monoisotopic (exact) mass is 179 g/mol. The zero-order chi connectivity index (χ0) is 9.26. The molecule has 13 heavy (non-hydrogen) atoms. The lowest BCUT2D eigenvalue weighted by atomic mass is 9.79. The molecular weight excluding hydrogens is 169 g/mol. The van der Waals surface area contributed by atoms with Gasteiger partial charge in [0.05, 0.1) is 18.9 Å². The molecule has 1 aliphatic heterocycles. The van der Waals surface area contributed by atoms with E-state index >= 15 is 0 Å². The largest absolute Gasteiger partial charge is 0.496 e. The van der Waals surface area contributed by atoms with Gasteiger partial charge in [0, 0.05) is 11.7 Å². The fourth-order valence-corrected chi connectivity index (χ4v) is 1.25. The summed E-state index contributed by atoms with van der Waals surface area (Å²) in [6, 6.07) is 1.75. The van der Waals surface area contributed by atoms with Crippen LogP contribution in [0.4, 0.5) is 11.5 Å². The third kappa shape index (κ3) is 1.45. The van der Waals surface area contributed by atoms with Crippen LogP contribution < -0.4 is 16.9 Å². The van der Waals surface area contributed by atoms with Crippen molar-refractivity contribution in [3.8, 4) is 0 Å². The topological polar surface area (TPSA) is 83.4 Å². The molecule has 0 bridgehead atoms. The third-order valence-electron chi connectivity index (χ3n) is 1.93. The fourth-order valence-electron chi connectivity index (χ4n) is 1.25. The second kappa shape index (κ2) is 3.23. The maximum absolute atomic E-state index is 5.71. The molecule has 1 aromatic heterocycles. The summed E-state index contributed by atoms with van der Waals surface area (Å²) < 4.78 is 10.6. The average molecular weight is 179 g/mol. The van der Waals surface area contributed by atoms with Gasteiger partial charge in [0.2, 0.25) is 0 Å². The van der Waals surface area contributed by atoms with E-state index in [9.17, 15) is 0 Å². The smallest absolute Gasteiger partial charge is 0.405 e. The van der Waals surface area contributed by atoms with Gasteiger partial charge < -0.3 is 20.8 Å². The molecule has 0 amide bonds. The van der Waals surface area contributed by atoms with E-state index in [0.717, 1.165) is 5.46 Å². The molecule has 1 aliphatic rings. The summed E-state index contributed by atoms with van der Waals surface area (Å²) in [6.07, 6.45) is 1.59. The van der Waals surface area contributed by atoms with E-state index < -0.39 is 0 Å². The van der Waals surface area contributed by atoms with Crippen LogP contribution in [0.5, 0.6) is 0 Å². The Labute approximate surface area is 76.2 Å². The lowest BCUT2D eigenvalue weighted by molar-refractivity contribution is 0.365. The minimum absolute atomic E-state index is 0.316. The summed E-state index contributed by atoms with van der Waals surface area (Å²) in [5, 5.41) is 0. The number of nitrogens with two attached hydrogens (primary N) is 2. The highest BCUT2D eigenvalue weighted by Gasteiger charge is 2.28. The zero-order valence-corrected chi connectivity index (χ0v) is 7.06. The van der Waals surface area contributed by atoms with Crippen LogP contribution in [0.15, 0.2) is 12.3 Å². The van der Waals surface area contributed by atoms with Crippen molar-refractivity contribution in [2.45, 2.75) is 0 Å². The van der Waals surface area contributed by atoms with E-state index in [4.69, 9.17) is 20.8 Å². The molecule has 0 saturated carbocycles. The Morgan fingerprint density at radius 3 is 2.69 bits per heavy atom. The number of anilines is 2. The summed E-state index contributed by atoms with van der Waals surface area (Å²) in [5.41, 5.74) is 12.4. The van der Waals surface area contributed by atoms with Gasteiger partial charge in [0.25, 0.3) is 0 Å². The van der Waals surface area contributed by atoms with E-state index in [-0.39, 0.29) is 7.12 Å². The second-order valence-electron chi connectivity index (χ2n) is 2.77. The summed E-state index contributed by atoms with van der Waals surface area (Å²) in [6.45, 7) is 1.18. The van der Waals surface area contributed by atoms with E-state index in [0.29, 0.717) is 24.7 Å². The Morgan fingerprint density at radius 1 is 1.31 bits per heavy atom. The molecule has 1 saturated heterocycles. The molecule has 0 unspecified atom stereocenters. The van der Waals surface area contributed by atoms with Crippen molar-refractivity contribution in [2.24, 2.45) is 0 Å². The maximum Gasteiger partial charge on any atom is 0.496 e. The number of aromatic nitrogens is 1. The number of hydrogen-bond acceptors (Lipinski definition) is 5. The zero-order valence-electron chi connectivity index (χ0n) is 7.06. The SMILES string of the molecule is Nc1nccc(B2OCCO2)c1N. The number of nitrogen functional groups attached to an aromatic ring is 2. The molecule has 5 nitrogen and oxygen atoms in total. The minimum Gasteiger partial charge on any atom is -0.405 e. The molecule has 68 valence electrons. The van der Waals surface area contributed by atoms with Gasteiger partial charge in [-0.3, -0.25) is 0 Å². The van der Waals surface area contributed by atoms with Gasteiger partial charge in [-0.25, -0.2) is 4.98 Å². The Hall–Kier alpha value is -1.27. The number of rotatable bonds is 1. The van der Waals surface area contributed by atoms with Gasteiger partial charge in [-0.15, -0.1) is 0 Å². The Morgan fingerprint density at radius 2 is 2.00 bits per heavy atom. The van der Waals surface area contributed by atoms with E-state index in [1.165, 1.54) is 0 Å². The lowest BCUT2D eigenvalue weighted by Crippen LogP contribution is -2.34. The molecule has 0 atom stereocenters. The van der Waals surface area contributed by atoms with Crippen molar-refractivity contribution in [2.75, 3.05) is 24.7 Å². The molecule has 0 spiro atoms. The van der Waals surface area contributed by atoms with Crippen LogP contribution >= 0.6 is 0 Å². The summed E-state index contributed by atoms with van der Waals surface area (Å²) in [5.74, 6) is 0.316. The minimum atomic E-state index is -0.384. The molecular formula is C7H10BN3O2. The van der Waals surface area contributed by atoms with Crippen molar-refractivity contribution in [1.29, 1.82) is 0 Å². The quantitative estimate of drug-likeness (QED) is 0.539. The van der Waals surface area contributed by atoms with Gasteiger partial charge in [0.1, 0.15) is 5.82 Å². The number of hydrogen-bond donors (Lipinski definition) is 2. The van der Waals surface area contributed by atoms with Crippen molar-refractivity contribution in [3.63, 3.8) is 0 Å². The molecule has 4 N–H and O–H groups in total. The summed E-state index contributed by atoms with van der Waals surface area (Å²) in [4.78, 5) is 3.85. The van der Waals surface area contributed by atoms with E-state index in [1.54, 1.807) is 12.3 Å². The number of nitrogens with zero attached hydrogens (tertiary/aromatic N) is 1. The Balaban J connectivity index is 2.33. The van der Waals surface area contributed by atoms with Gasteiger partial charge in [-0.1, -0.05) is 0 Å². The summed E-state index contributed by atoms with van der Waals surface area (Å²) >= 11 is 0. The van der Waals surface area contributed by atoms with Gasteiger partial charge in [0.15, 0.2) is 0 Å². The van der Waals surface area contributed by atoms with Crippen molar-refractivity contribution < 1.29 is 9.31 Å². The fraction of sp³-hybridized carbons (Fsp3) is 0.286.